The van der Waals surface area contributed by atoms with Crippen LogP contribution in [-0.4, -0.2) is 47.3 Å². The number of carbonyl (C=O) groups is 1. The zero-order valence-electron chi connectivity index (χ0n) is 17.2. The molecule has 1 aliphatic heterocycles. The van der Waals surface area contributed by atoms with E-state index < -0.39 is 12.0 Å². The van der Waals surface area contributed by atoms with Gasteiger partial charge < -0.3 is 14.6 Å². The number of aromatic nitrogens is 1. The summed E-state index contributed by atoms with van der Waals surface area (Å²) in [5, 5.41) is 10.8. The number of ether oxygens (including phenoxy) is 2. The van der Waals surface area contributed by atoms with Gasteiger partial charge in [0.25, 0.3) is 0 Å². The number of hydrogen-bond acceptors (Lipinski definition) is 5. The summed E-state index contributed by atoms with van der Waals surface area (Å²) < 4.78 is 11.2. The molecule has 30 heavy (non-hydrogen) atoms. The fourth-order valence-electron chi connectivity index (χ4n) is 4.31. The Bertz CT molecular complexity index is 1050. The summed E-state index contributed by atoms with van der Waals surface area (Å²) in [6, 6.07) is 15.1. The van der Waals surface area contributed by atoms with Gasteiger partial charge >= 0.3 is 5.97 Å². The molecule has 0 spiro atoms. The van der Waals surface area contributed by atoms with E-state index in [4.69, 9.17) is 9.47 Å². The van der Waals surface area contributed by atoms with Crippen molar-refractivity contribution in [1.29, 1.82) is 0 Å². The van der Waals surface area contributed by atoms with E-state index in [2.05, 4.69) is 16.0 Å². The van der Waals surface area contributed by atoms with E-state index in [1.54, 1.807) is 7.11 Å². The van der Waals surface area contributed by atoms with Crippen LogP contribution in [0, 0.1) is 0 Å². The molecule has 0 radical (unpaired) electrons. The van der Waals surface area contributed by atoms with Crippen molar-refractivity contribution >= 4 is 16.9 Å². The molecular weight excluding hydrogens is 380 g/mol. The van der Waals surface area contributed by atoms with Crippen molar-refractivity contribution in [1.82, 2.24) is 9.88 Å². The molecule has 1 fully saturated rings. The molecule has 4 rings (SSSR count). The summed E-state index contributed by atoms with van der Waals surface area (Å²) in [4.78, 5) is 18.7. The highest BCUT2D eigenvalue weighted by molar-refractivity contribution is 5.79. The maximum Gasteiger partial charge on any atom is 0.320 e. The predicted octanol–water partition coefficient (Wildman–Crippen LogP) is 4.28. The summed E-state index contributed by atoms with van der Waals surface area (Å²) in [5.74, 6) is 0.527. The maximum absolute atomic E-state index is 12.0. The number of benzene rings is 2. The topological polar surface area (TPSA) is 71.9 Å². The first-order chi connectivity index (χ1) is 14.6. The number of fused-ring (bicyclic) bond motifs is 1. The maximum atomic E-state index is 12.0. The van der Waals surface area contributed by atoms with Gasteiger partial charge in [-0.15, -0.1) is 0 Å². The van der Waals surface area contributed by atoms with E-state index in [1.807, 2.05) is 55.6 Å². The Kier molecular flexibility index (Phi) is 5.86. The van der Waals surface area contributed by atoms with Crippen molar-refractivity contribution in [3.05, 3.63) is 65.9 Å². The summed E-state index contributed by atoms with van der Waals surface area (Å²) in [6.45, 7) is 3.16. The van der Waals surface area contributed by atoms with Crippen molar-refractivity contribution < 1.29 is 19.4 Å². The van der Waals surface area contributed by atoms with Gasteiger partial charge in [-0.2, -0.15) is 0 Å². The van der Waals surface area contributed by atoms with Crippen molar-refractivity contribution in [2.45, 2.75) is 31.8 Å². The number of likely N-dealkylation sites (tertiary alicyclic amines) is 1. The summed E-state index contributed by atoms with van der Waals surface area (Å²) >= 11 is 0. The Morgan fingerprint density at radius 1 is 1.20 bits per heavy atom. The van der Waals surface area contributed by atoms with Gasteiger partial charge in [-0.3, -0.25) is 14.7 Å². The summed E-state index contributed by atoms with van der Waals surface area (Å²) in [7, 11) is 1.61. The number of carboxylic acids is 1. The lowest BCUT2D eigenvalue weighted by Crippen LogP contribution is -2.39. The third-order valence-corrected chi connectivity index (χ3v) is 5.64. The Morgan fingerprint density at radius 2 is 2.03 bits per heavy atom. The van der Waals surface area contributed by atoms with Gasteiger partial charge in [0, 0.05) is 18.1 Å². The van der Waals surface area contributed by atoms with Crippen LogP contribution in [0.3, 0.4) is 0 Å². The molecule has 3 aromatic rings. The third-order valence-electron chi connectivity index (χ3n) is 5.64. The van der Waals surface area contributed by atoms with Crippen molar-refractivity contribution in [3.63, 3.8) is 0 Å². The number of pyridine rings is 1. The Balaban J connectivity index is 1.85. The van der Waals surface area contributed by atoms with E-state index in [9.17, 15) is 9.90 Å². The molecule has 6 nitrogen and oxygen atoms in total. The summed E-state index contributed by atoms with van der Waals surface area (Å²) in [6.07, 6.45) is 3.35. The highest BCUT2D eigenvalue weighted by Gasteiger charge is 2.37. The minimum atomic E-state index is -0.787. The first-order valence-electron chi connectivity index (χ1n) is 10.3. The molecule has 1 aromatic heterocycles. The molecule has 2 atom stereocenters. The highest BCUT2D eigenvalue weighted by Crippen LogP contribution is 2.39. The average molecular weight is 406 g/mol. The Hall–Kier alpha value is -3.12. The molecular formula is C24H26N2O4. The smallest absolute Gasteiger partial charge is 0.320 e. The molecule has 1 saturated heterocycles. The fraction of sp³-hybridized carbons (Fsp3) is 0.333. The molecule has 0 bridgehead atoms. The number of aliphatic carboxylic acids is 1. The molecule has 156 valence electrons. The van der Waals surface area contributed by atoms with Gasteiger partial charge in [0.1, 0.15) is 6.04 Å². The molecule has 6 heteroatoms. The monoisotopic (exact) mass is 406 g/mol. The average Bonchev–Trinajstić information content (AvgIpc) is 3.24. The SMILES string of the molecule is CCOc1cc(C(c2cnc3ccccc3c2)N2CCCC2C(=O)O)ccc1OC. The van der Waals surface area contributed by atoms with Crippen LogP contribution >= 0.6 is 0 Å². The van der Waals surface area contributed by atoms with Crippen LogP contribution in [0.4, 0.5) is 0 Å². The lowest BCUT2D eigenvalue weighted by Gasteiger charge is -2.32. The van der Waals surface area contributed by atoms with Crippen molar-refractivity contribution in [2.75, 3.05) is 20.3 Å². The zero-order chi connectivity index (χ0) is 21.1. The van der Waals surface area contributed by atoms with Crippen LogP contribution in [0.1, 0.15) is 36.9 Å². The number of carboxylic acid groups (broad SMARTS) is 1. The first kappa shape index (κ1) is 20.2. The highest BCUT2D eigenvalue weighted by atomic mass is 16.5. The largest absolute Gasteiger partial charge is 0.493 e. The summed E-state index contributed by atoms with van der Waals surface area (Å²) in [5.41, 5.74) is 2.85. The van der Waals surface area contributed by atoms with Gasteiger partial charge in [-0.05, 0) is 55.2 Å². The molecule has 1 N–H and O–H groups in total. The van der Waals surface area contributed by atoms with E-state index in [1.165, 1.54) is 0 Å². The third kappa shape index (κ3) is 3.83. The van der Waals surface area contributed by atoms with Crippen LogP contribution < -0.4 is 9.47 Å². The second-order valence-corrected chi connectivity index (χ2v) is 7.44. The molecule has 2 heterocycles. The van der Waals surface area contributed by atoms with Gasteiger partial charge in [-0.25, -0.2) is 0 Å². The van der Waals surface area contributed by atoms with E-state index >= 15 is 0 Å². The van der Waals surface area contributed by atoms with Crippen molar-refractivity contribution in [2.24, 2.45) is 0 Å². The van der Waals surface area contributed by atoms with Crippen LogP contribution in [0.5, 0.6) is 11.5 Å². The van der Waals surface area contributed by atoms with Crippen LogP contribution in [0.2, 0.25) is 0 Å². The van der Waals surface area contributed by atoms with E-state index in [-0.39, 0.29) is 6.04 Å². The quantitative estimate of drug-likeness (QED) is 0.631. The second kappa shape index (κ2) is 8.71. The van der Waals surface area contributed by atoms with Gasteiger partial charge in [0.2, 0.25) is 0 Å². The second-order valence-electron chi connectivity index (χ2n) is 7.44. The number of hydrogen-bond donors (Lipinski definition) is 1. The minimum absolute atomic E-state index is 0.240. The molecule has 2 aromatic carbocycles. The van der Waals surface area contributed by atoms with E-state index in [0.717, 1.165) is 28.5 Å². The molecule has 2 unspecified atom stereocenters. The van der Waals surface area contributed by atoms with Gasteiger partial charge in [0.05, 0.1) is 25.3 Å². The normalized spacial score (nSPS) is 17.7. The standard InChI is InChI=1S/C24H26N2O4/c1-3-30-22-14-17(10-11-21(22)29-2)23(26-12-6-9-20(26)24(27)28)18-13-16-7-4-5-8-19(16)25-15-18/h4-5,7-8,10-11,13-15,20,23H,3,6,9,12H2,1-2H3,(H,27,28). The fourth-order valence-corrected chi connectivity index (χ4v) is 4.31. The van der Waals surface area contributed by atoms with Crippen LogP contribution in [0.15, 0.2) is 54.7 Å². The van der Waals surface area contributed by atoms with E-state index in [0.29, 0.717) is 31.1 Å². The van der Waals surface area contributed by atoms with Crippen LogP contribution in [-0.2, 0) is 4.79 Å². The van der Waals surface area contributed by atoms with Crippen molar-refractivity contribution in [3.8, 4) is 11.5 Å². The zero-order valence-corrected chi connectivity index (χ0v) is 17.2. The minimum Gasteiger partial charge on any atom is -0.493 e. The Morgan fingerprint density at radius 3 is 2.80 bits per heavy atom. The molecule has 0 aliphatic carbocycles. The molecule has 0 amide bonds. The molecule has 0 saturated carbocycles. The van der Waals surface area contributed by atoms with Gasteiger partial charge in [-0.1, -0.05) is 24.3 Å². The van der Waals surface area contributed by atoms with Gasteiger partial charge in [0.15, 0.2) is 11.5 Å². The number of para-hydroxylation sites is 1. The lowest BCUT2D eigenvalue weighted by molar-refractivity contribution is -0.142. The number of rotatable bonds is 7. The van der Waals surface area contributed by atoms with Crippen LogP contribution in [0.25, 0.3) is 10.9 Å². The molecule has 1 aliphatic rings. The number of methoxy groups -OCH3 is 1. The predicted molar refractivity (Wildman–Crippen MR) is 115 cm³/mol. The Labute approximate surface area is 176 Å². The number of nitrogens with zero attached hydrogens (tertiary/aromatic N) is 2. The first-order valence-corrected chi connectivity index (χ1v) is 10.3. The lowest BCUT2D eigenvalue weighted by atomic mass is 9.96.